The van der Waals surface area contributed by atoms with Gasteiger partial charge in [0.15, 0.2) is 0 Å². The van der Waals surface area contributed by atoms with Gasteiger partial charge in [0, 0.05) is 18.3 Å². The number of rotatable bonds is 7. The second-order valence-corrected chi connectivity index (χ2v) is 6.75. The van der Waals surface area contributed by atoms with E-state index < -0.39 is 23.3 Å². The van der Waals surface area contributed by atoms with Crippen molar-refractivity contribution in [1.29, 1.82) is 0 Å². The molecule has 1 atom stereocenters. The van der Waals surface area contributed by atoms with E-state index in [9.17, 15) is 26.3 Å². The molecule has 0 amide bonds. The normalized spacial score (nSPS) is 14.3. The van der Waals surface area contributed by atoms with E-state index in [-0.39, 0.29) is 30.0 Å². The summed E-state index contributed by atoms with van der Waals surface area (Å²) in [4.78, 5) is 0. The third-order valence-electron chi connectivity index (χ3n) is 3.05. The number of benzene rings is 1. The fourth-order valence-corrected chi connectivity index (χ4v) is 2.74. The molecule has 8 heteroatoms. The molecule has 0 bridgehead atoms. The maximum atomic E-state index is 12.6. The Kier molecular flexibility index (Phi) is 7.26. The van der Waals surface area contributed by atoms with Gasteiger partial charge in [0.05, 0.1) is 5.56 Å². The van der Waals surface area contributed by atoms with Gasteiger partial charge in [-0.25, -0.2) is 0 Å². The first-order chi connectivity index (χ1) is 10.5. The van der Waals surface area contributed by atoms with Crippen molar-refractivity contribution >= 4 is 11.8 Å². The first kappa shape index (κ1) is 20.2. The molecule has 132 valence electrons. The molecule has 0 saturated heterocycles. The zero-order valence-corrected chi connectivity index (χ0v) is 13.6. The summed E-state index contributed by atoms with van der Waals surface area (Å²) in [5.41, 5.74) is -4.68. The Morgan fingerprint density at radius 1 is 1.09 bits per heavy atom. The van der Waals surface area contributed by atoms with E-state index in [1.807, 2.05) is 13.8 Å². The van der Waals surface area contributed by atoms with Crippen LogP contribution >= 0.6 is 11.8 Å². The maximum absolute atomic E-state index is 12.6. The molecule has 0 aliphatic rings. The molecular weight excluding hydrogens is 340 g/mol. The number of nitrogens with one attached hydrogen (secondary N) is 1. The monoisotopic (exact) mass is 359 g/mol. The lowest BCUT2D eigenvalue weighted by Crippen LogP contribution is -2.33. The Hall–Kier alpha value is -0.890. The number of alkyl halides is 6. The van der Waals surface area contributed by atoms with Gasteiger partial charge < -0.3 is 5.32 Å². The highest BCUT2D eigenvalue weighted by molar-refractivity contribution is 8.00. The van der Waals surface area contributed by atoms with E-state index in [0.29, 0.717) is 12.0 Å². The zero-order chi connectivity index (χ0) is 17.7. The summed E-state index contributed by atoms with van der Waals surface area (Å²) in [7, 11) is 0. The Bertz CT molecular complexity index is 484. The van der Waals surface area contributed by atoms with Crippen LogP contribution in [-0.4, -0.2) is 17.3 Å². The molecule has 0 radical (unpaired) electrons. The van der Waals surface area contributed by atoms with E-state index in [4.69, 9.17) is 0 Å². The zero-order valence-electron chi connectivity index (χ0n) is 12.8. The summed E-state index contributed by atoms with van der Waals surface area (Å²) in [5.74, 6) is 0.0172. The standard InChI is InChI=1S/C15H19F6NS/c1-10(2)6-13(9-23-15(19,20)21)22-8-11-4-3-5-12(7-11)14(16,17)18/h3-5,7,10,13,22H,6,8-9H2,1-2H3. The molecule has 1 aromatic carbocycles. The molecule has 0 saturated carbocycles. The lowest BCUT2D eigenvalue weighted by Gasteiger charge is -2.21. The molecule has 1 unspecified atom stereocenters. The van der Waals surface area contributed by atoms with Gasteiger partial charge in [0.1, 0.15) is 0 Å². The van der Waals surface area contributed by atoms with Crippen molar-refractivity contribution in [3.8, 4) is 0 Å². The summed E-state index contributed by atoms with van der Waals surface area (Å²) in [6, 6.07) is 4.37. The molecule has 0 aromatic heterocycles. The van der Waals surface area contributed by atoms with Gasteiger partial charge >= 0.3 is 11.7 Å². The van der Waals surface area contributed by atoms with E-state index >= 15 is 0 Å². The van der Waals surface area contributed by atoms with Gasteiger partial charge in [-0.3, -0.25) is 0 Å². The van der Waals surface area contributed by atoms with Crippen molar-refractivity contribution in [3.05, 3.63) is 35.4 Å². The average Bonchev–Trinajstić information content (AvgIpc) is 2.40. The van der Waals surface area contributed by atoms with Crippen molar-refractivity contribution in [1.82, 2.24) is 5.32 Å². The largest absolute Gasteiger partial charge is 0.441 e. The number of hydrogen-bond donors (Lipinski definition) is 1. The summed E-state index contributed by atoms with van der Waals surface area (Å²) in [6.45, 7) is 3.87. The van der Waals surface area contributed by atoms with E-state index in [2.05, 4.69) is 5.32 Å². The smallest absolute Gasteiger partial charge is 0.309 e. The van der Waals surface area contributed by atoms with Crippen LogP contribution in [0.3, 0.4) is 0 Å². The van der Waals surface area contributed by atoms with Crippen molar-refractivity contribution in [2.45, 2.75) is 44.5 Å². The summed E-state index contributed by atoms with van der Waals surface area (Å²) >= 11 is -0.116. The topological polar surface area (TPSA) is 12.0 Å². The van der Waals surface area contributed by atoms with E-state index in [1.165, 1.54) is 12.1 Å². The minimum absolute atomic E-state index is 0.0969. The molecule has 1 aromatic rings. The minimum atomic E-state index is -4.43. The van der Waals surface area contributed by atoms with Crippen LogP contribution in [0.2, 0.25) is 0 Å². The first-order valence-corrected chi connectivity index (χ1v) is 8.06. The van der Waals surface area contributed by atoms with Crippen LogP contribution in [0.4, 0.5) is 26.3 Å². The van der Waals surface area contributed by atoms with Crippen molar-refractivity contribution in [2.75, 3.05) is 5.75 Å². The number of halogens is 6. The predicted molar refractivity (Wildman–Crippen MR) is 80.0 cm³/mol. The molecule has 1 nitrogen and oxygen atoms in total. The van der Waals surface area contributed by atoms with Crippen LogP contribution in [0.1, 0.15) is 31.4 Å². The third kappa shape index (κ3) is 8.50. The van der Waals surface area contributed by atoms with Crippen molar-refractivity contribution in [3.63, 3.8) is 0 Å². The van der Waals surface area contributed by atoms with Gasteiger partial charge in [-0.2, -0.15) is 26.3 Å². The SMILES string of the molecule is CC(C)CC(CSC(F)(F)F)NCc1cccc(C(F)(F)F)c1. The highest BCUT2D eigenvalue weighted by atomic mass is 32.2. The molecule has 1 N–H and O–H groups in total. The average molecular weight is 359 g/mol. The van der Waals surface area contributed by atoms with Crippen molar-refractivity contribution in [2.24, 2.45) is 5.92 Å². The van der Waals surface area contributed by atoms with Gasteiger partial charge in [0.2, 0.25) is 0 Å². The molecule has 0 heterocycles. The quantitative estimate of drug-likeness (QED) is 0.649. The number of thioether (sulfide) groups is 1. The van der Waals surface area contributed by atoms with Crippen LogP contribution in [0.25, 0.3) is 0 Å². The van der Waals surface area contributed by atoms with Crippen LogP contribution in [0.5, 0.6) is 0 Å². The third-order valence-corrected chi connectivity index (χ3v) is 3.95. The van der Waals surface area contributed by atoms with Crippen LogP contribution < -0.4 is 5.32 Å². The first-order valence-electron chi connectivity index (χ1n) is 7.07. The van der Waals surface area contributed by atoms with Gasteiger partial charge in [-0.1, -0.05) is 32.0 Å². The van der Waals surface area contributed by atoms with Gasteiger partial charge in [-0.05, 0) is 35.7 Å². The summed E-state index contributed by atoms with van der Waals surface area (Å²) in [5, 5.41) is 2.93. The second-order valence-electron chi connectivity index (χ2n) is 5.66. The minimum Gasteiger partial charge on any atom is -0.309 e. The highest BCUT2D eigenvalue weighted by Gasteiger charge is 2.31. The van der Waals surface area contributed by atoms with E-state index in [0.717, 1.165) is 12.1 Å². The Balaban J connectivity index is 2.66. The Morgan fingerprint density at radius 3 is 2.26 bits per heavy atom. The molecular formula is C15H19F6NS. The molecule has 1 rings (SSSR count). The Labute approximate surface area is 135 Å². The lowest BCUT2D eigenvalue weighted by molar-refractivity contribution is -0.137. The summed E-state index contributed by atoms with van der Waals surface area (Å²) < 4.78 is 74.9. The molecule has 0 fully saturated rings. The molecule has 0 aliphatic carbocycles. The molecule has 0 aliphatic heterocycles. The Morgan fingerprint density at radius 2 is 1.74 bits per heavy atom. The fraction of sp³-hybridized carbons (Fsp3) is 0.600. The van der Waals surface area contributed by atoms with Crippen LogP contribution in [0.15, 0.2) is 24.3 Å². The maximum Gasteiger partial charge on any atom is 0.441 e. The second kappa shape index (κ2) is 8.28. The summed E-state index contributed by atoms with van der Waals surface area (Å²) in [6.07, 6.45) is -3.92. The lowest BCUT2D eigenvalue weighted by atomic mass is 10.0. The molecule has 23 heavy (non-hydrogen) atoms. The van der Waals surface area contributed by atoms with E-state index in [1.54, 1.807) is 0 Å². The van der Waals surface area contributed by atoms with Crippen LogP contribution in [0, 0.1) is 5.92 Å². The highest BCUT2D eigenvalue weighted by Crippen LogP contribution is 2.32. The van der Waals surface area contributed by atoms with Crippen molar-refractivity contribution < 1.29 is 26.3 Å². The predicted octanol–water partition coefficient (Wildman–Crippen LogP) is 5.46. The fourth-order valence-electron chi connectivity index (χ4n) is 2.09. The number of hydrogen-bond acceptors (Lipinski definition) is 2. The molecule has 0 spiro atoms. The van der Waals surface area contributed by atoms with Crippen LogP contribution in [-0.2, 0) is 12.7 Å². The van der Waals surface area contributed by atoms with Gasteiger partial charge in [-0.15, -0.1) is 0 Å². The van der Waals surface area contributed by atoms with Gasteiger partial charge in [0.25, 0.3) is 0 Å².